The lowest BCUT2D eigenvalue weighted by molar-refractivity contribution is 0.660. The Morgan fingerprint density at radius 1 is 0.462 bits per heavy atom. The van der Waals surface area contributed by atoms with Gasteiger partial charge >= 0.3 is 0 Å². The van der Waals surface area contributed by atoms with E-state index in [4.69, 9.17) is 8.22 Å². The zero-order valence-corrected chi connectivity index (χ0v) is 30.0. The van der Waals surface area contributed by atoms with Gasteiger partial charge < -0.3 is 4.90 Å². The lowest BCUT2D eigenvalue weighted by Gasteiger charge is -2.32. The number of rotatable bonds is 6. The maximum atomic E-state index is 8.97. The summed E-state index contributed by atoms with van der Waals surface area (Å²) in [6.45, 7) is 3.16. The first kappa shape index (κ1) is 26.2. The molecule has 1 nitrogen and oxygen atoms in total. The van der Waals surface area contributed by atoms with E-state index in [0.717, 1.165) is 33.6 Å². The number of hydrogen-bond acceptors (Lipinski definition) is 1. The van der Waals surface area contributed by atoms with Crippen molar-refractivity contribution in [2.24, 2.45) is 0 Å². The molecule has 0 aromatic heterocycles. The smallest absolute Gasteiger partial charge is 0.0540 e. The van der Waals surface area contributed by atoms with Gasteiger partial charge in [0.05, 0.1) is 5.69 Å². The molecule has 2 aliphatic rings. The topological polar surface area (TPSA) is 3.24 Å². The van der Waals surface area contributed by atoms with Crippen molar-refractivity contribution in [3.8, 4) is 44.5 Å². The molecule has 254 valence electrons. The molecule has 2 aliphatic carbocycles. The first-order valence-corrected chi connectivity index (χ1v) is 18.2. The molecule has 0 saturated carbocycles. The Balaban J connectivity index is 1.37. The van der Waals surface area contributed by atoms with Crippen LogP contribution in [0.2, 0.25) is 0 Å². The molecule has 0 bridgehead atoms. The van der Waals surface area contributed by atoms with Crippen LogP contribution in [0.5, 0.6) is 0 Å². The molecule has 9 rings (SSSR count). The summed E-state index contributed by atoms with van der Waals surface area (Å²) in [7, 11) is 0. The summed E-state index contributed by atoms with van der Waals surface area (Å²) >= 11 is 0. The highest BCUT2D eigenvalue weighted by molar-refractivity contribution is 5.98. The minimum atomic E-state index is -2.89. The third-order valence-corrected chi connectivity index (χ3v) is 11.3. The molecule has 0 saturated heterocycles. The fourth-order valence-corrected chi connectivity index (χ4v) is 8.57. The van der Waals surface area contributed by atoms with Crippen molar-refractivity contribution < 1.29 is 8.22 Å². The predicted octanol–water partition coefficient (Wildman–Crippen LogP) is 14.2. The largest absolute Gasteiger partial charge is 0.310 e. The molecule has 52 heavy (non-hydrogen) atoms. The summed E-state index contributed by atoms with van der Waals surface area (Å²) in [5, 5.41) is 0. The number of nitrogens with zero attached hydrogens (tertiary/aromatic N) is 1. The van der Waals surface area contributed by atoms with E-state index in [1.807, 2.05) is 48.5 Å². The molecule has 0 atom stereocenters. The van der Waals surface area contributed by atoms with Crippen molar-refractivity contribution in [2.45, 2.75) is 58.1 Å². The molecule has 0 spiro atoms. The number of hydrogen-bond donors (Lipinski definition) is 0. The van der Waals surface area contributed by atoms with E-state index in [1.54, 1.807) is 12.1 Å². The van der Waals surface area contributed by atoms with Crippen LogP contribution < -0.4 is 4.90 Å². The highest BCUT2D eigenvalue weighted by atomic mass is 15.1. The molecule has 0 aliphatic heterocycles. The van der Waals surface area contributed by atoms with E-state index in [0.29, 0.717) is 28.3 Å². The maximum Gasteiger partial charge on any atom is 0.0540 e. The van der Waals surface area contributed by atoms with Crippen LogP contribution >= 0.6 is 0 Å². The highest BCUT2D eigenvalue weighted by Gasteiger charge is 2.39. The van der Waals surface area contributed by atoms with Crippen LogP contribution in [0, 0.1) is 0 Å². The number of anilines is 3. The Hall–Kier alpha value is -5.66. The Bertz CT molecular complexity index is 2690. The highest BCUT2D eigenvalue weighted by Crippen LogP contribution is 2.56. The Morgan fingerprint density at radius 3 is 1.75 bits per heavy atom. The molecule has 0 heterocycles. The third-order valence-electron chi connectivity index (χ3n) is 11.3. The minimum absolute atomic E-state index is 0.284. The van der Waals surface area contributed by atoms with Crippen molar-refractivity contribution in [3.05, 3.63) is 186 Å². The zero-order valence-electron chi connectivity index (χ0n) is 36.0. The van der Waals surface area contributed by atoms with Gasteiger partial charge in [0.15, 0.2) is 0 Å². The van der Waals surface area contributed by atoms with Crippen LogP contribution in [0.15, 0.2) is 158 Å². The summed E-state index contributed by atoms with van der Waals surface area (Å²) in [6, 6.07) is 53.5. The van der Waals surface area contributed by atoms with Crippen molar-refractivity contribution in [1.82, 2.24) is 0 Å². The van der Waals surface area contributed by atoms with E-state index >= 15 is 0 Å². The molecular formula is C51H45N. The van der Waals surface area contributed by atoms with E-state index < -0.39 is 19.1 Å². The Morgan fingerprint density at radius 2 is 1.04 bits per heavy atom. The van der Waals surface area contributed by atoms with Gasteiger partial charge in [-0.3, -0.25) is 0 Å². The zero-order chi connectivity index (χ0) is 40.8. The molecule has 0 N–H and O–H groups in total. The molecule has 0 unspecified atom stereocenters. The second kappa shape index (κ2) is 12.0. The second-order valence-electron chi connectivity index (χ2n) is 15.1. The van der Waals surface area contributed by atoms with E-state index in [1.165, 1.54) is 27.8 Å². The van der Waals surface area contributed by atoms with E-state index in [9.17, 15) is 0 Å². The SMILES string of the molecule is [2H]C([2H])([2H])C1(C([2H])([2H])[2H])c2ccccc2-c2ccc(N(c3cc(-c4ccccc4)c4c(c3)C(C)(C)c3ccccc3-4)c3ccccc3-c3ccc(C(C)C)cc3)cc21. The van der Waals surface area contributed by atoms with Gasteiger partial charge in [-0.2, -0.15) is 0 Å². The third kappa shape index (κ3) is 4.90. The van der Waals surface area contributed by atoms with Gasteiger partial charge in [0.2, 0.25) is 0 Å². The molecule has 7 aromatic carbocycles. The van der Waals surface area contributed by atoms with Crippen LogP contribution in [0.25, 0.3) is 44.5 Å². The fourth-order valence-electron chi connectivity index (χ4n) is 8.57. The molecule has 7 aromatic rings. The molecule has 0 radical (unpaired) electrons. The first-order valence-electron chi connectivity index (χ1n) is 21.2. The fraction of sp³-hybridized carbons (Fsp3) is 0.176. The standard InChI is InChI=1S/C51H45N/c1-33(2)34-24-26-36(27-25-34)39-18-12-15-23-48(39)52(37-28-29-41-40-19-10-13-21-44(40)50(3,4)46(41)31-37)38-30-43(35-16-8-7-9-17-35)49-42-20-11-14-22-45(42)51(5,6)47(49)32-38/h7-33H,1-6H3/i3D3,4D3. The lowest BCUT2D eigenvalue weighted by Crippen LogP contribution is -2.18. The van der Waals surface area contributed by atoms with Crippen molar-refractivity contribution in [3.63, 3.8) is 0 Å². The summed E-state index contributed by atoms with van der Waals surface area (Å²) in [4.78, 5) is 2.20. The normalized spacial score (nSPS) is 16.6. The van der Waals surface area contributed by atoms with Gasteiger partial charge in [-0.05, 0) is 103 Å². The van der Waals surface area contributed by atoms with E-state index in [2.05, 4.69) is 130 Å². The van der Waals surface area contributed by atoms with Crippen LogP contribution in [0.4, 0.5) is 17.1 Å². The Labute approximate surface area is 317 Å². The van der Waals surface area contributed by atoms with Gasteiger partial charge in [0.25, 0.3) is 0 Å². The maximum absolute atomic E-state index is 8.97. The number of benzene rings is 7. The number of fused-ring (bicyclic) bond motifs is 6. The summed E-state index contributed by atoms with van der Waals surface area (Å²) < 4.78 is 53.8. The van der Waals surface area contributed by atoms with Crippen LogP contribution in [0.3, 0.4) is 0 Å². The molecular weight excluding hydrogens is 627 g/mol. The first-order chi connectivity index (χ1) is 27.6. The van der Waals surface area contributed by atoms with Crippen molar-refractivity contribution in [2.75, 3.05) is 4.90 Å². The summed E-state index contributed by atoms with van der Waals surface area (Å²) in [5.41, 5.74) is 12.0. The second-order valence-corrected chi connectivity index (χ2v) is 15.1. The molecule has 1 heteroatoms. The summed E-state index contributed by atoms with van der Waals surface area (Å²) in [5.74, 6) is 0.378. The monoisotopic (exact) mass is 677 g/mol. The average molecular weight is 678 g/mol. The van der Waals surface area contributed by atoms with Gasteiger partial charge in [-0.1, -0.05) is 169 Å². The van der Waals surface area contributed by atoms with Crippen molar-refractivity contribution >= 4 is 17.1 Å². The van der Waals surface area contributed by atoms with Crippen LogP contribution in [-0.4, -0.2) is 0 Å². The Kier molecular flexibility index (Phi) is 6.02. The summed E-state index contributed by atoms with van der Waals surface area (Å²) in [6.07, 6.45) is 0. The van der Waals surface area contributed by atoms with Gasteiger partial charge in [-0.25, -0.2) is 0 Å². The van der Waals surface area contributed by atoms with Crippen molar-refractivity contribution in [1.29, 1.82) is 0 Å². The van der Waals surface area contributed by atoms with Gasteiger partial charge in [0, 0.05) is 36.0 Å². The predicted molar refractivity (Wildman–Crippen MR) is 221 cm³/mol. The number of para-hydroxylation sites is 1. The average Bonchev–Trinajstić information content (AvgIpc) is 3.64. The van der Waals surface area contributed by atoms with Gasteiger partial charge in [0.1, 0.15) is 0 Å². The molecule has 0 amide bonds. The lowest BCUT2D eigenvalue weighted by atomic mass is 9.81. The van der Waals surface area contributed by atoms with Crippen LogP contribution in [-0.2, 0) is 10.8 Å². The molecule has 0 fully saturated rings. The minimum Gasteiger partial charge on any atom is -0.310 e. The quantitative estimate of drug-likeness (QED) is 0.169. The van der Waals surface area contributed by atoms with Gasteiger partial charge in [-0.15, -0.1) is 0 Å². The van der Waals surface area contributed by atoms with Crippen LogP contribution in [0.1, 0.15) is 83.4 Å². The van der Waals surface area contributed by atoms with E-state index in [-0.39, 0.29) is 11.0 Å².